The molecule has 1 amide bonds. The van der Waals surface area contributed by atoms with Crippen LogP contribution in [-0.4, -0.2) is 29.9 Å². The minimum atomic E-state index is -0.990. The normalized spacial score (nSPS) is 12.3. The highest BCUT2D eigenvalue weighted by molar-refractivity contribution is 6.47. The first kappa shape index (κ1) is 20.7. The molecule has 0 aliphatic heterocycles. The van der Waals surface area contributed by atoms with E-state index in [0.29, 0.717) is 11.4 Å². The number of hydrogen-bond acceptors (Lipinski definition) is 4. The number of amides is 1. The second-order valence-corrected chi connectivity index (χ2v) is 6.45. The molecule has 0 fully saturated rings. The van der Waals surface area contributed by atoms with Crippen LogP contribution in [0.25, 0.3) is 0 Å². The number of nitrogens with one attached hydrogen (secondary N) is 1. The molecule has 0 saturated carbocycles. The molecule has 1 aromatic rings. The summed E-state index contributed by atoms with van der Waals surface area (Å²) in [6.45, 7) is 14.1. The standard InChI is InChI=1S/C19H25BNO4.H2/c1-7-9-16(8-2)24-17(22)21-15-12-10-14(11-13-15)20-25-19(5,6)18(3,4)23;/h7-13,23H,1-2H2,3-6H3,(H,21,22);1H/b16-9+;. The van der Waals surface area contributed by atoms with Gasteiger partial charge in [0.2, 0.25) is 0 Å². The van der Waals surface area contributed by atoms with Gasteiger partial charge in [-0.3, -0.25) is 5.32 Å². The summed E-state index contributed by atoms with van der Waals surface area (Å²) in [5, 5.41) is 12.7. The van der Waals surface area contributed by atoms with Gasteiger partial charge in [0, 0.05) is 7.11 Å². The van der Waals surface area contributed by atoms with E-state index in [-0.39, 0.29) is 1.43 Å². The molecule has 6 heteroatoms. The molecule has 1 radical (unpaired) electrons. The van der Waals surface area contributed by atoms with Gasteiger partial charge in [0.15, 0.2) is 0 Å². The van der Waals surface area contributed by atoms with Gasteiger partial charge in [0.1, 0.15) is 5.76 Å². The van der Waals surface area contributed by atoms with Crippen molar-refractivity contribution in [1.82, 2.24) is 0 Å². The summed E-state index contributed by atoms with van der Waals surface area (Å²) in [5.41, 5.74) is -0.358. The number of rotatable bonds is 8. The average Bonchev–Trinajstić information content (AvgIpc) is 2.52. The Kier molecular flexibility index (Phi) is 7.21. The highest BCUT2D eigenvalue weighted by atomic mass is 16.6. The summed E-state index contributed by atoms with van der Waals surface area (Å²) in [4.78, 5) is 11.8. The predicted octanol–water partition coefficient (Wildman–Crippen LogP) is 3.55. The minimum Gasteiger partial charge on any atom is -0.427 e. The van der Waals surface area contributed by atoms with E-state index in [9.17, 15) is 9.90 Å². The van der Waals surface area contributed by atoms with Crippen LogP contribution in [0.3, 0.4) is 0 Å². The first-order chi connectivity index (χ1) is 11.6. The number of ether oxygens (including phenoxy) is 1. The molecule has 0 aliphatic carbocycles. The van der Waals surface area contributed by atoms with E-state index >= 15 is 0 Å². The third kappa shape index (κ3) is 6.60. The summed E-state index contributed by atoms with van der Waals surface area (Å²) in [6, 6.07) is 7.00. The zero-order chi connectivity index (χ0) is 19.1. The quantitative estimate of drug-likeness (QED) is 0.430. The third-order valence-corrected chi connectivity index (χ3v) is 3.81. The first-order valence-electron chi connectivity index (χ1n) is 7.86. The molecule has 0 heterocycles. The molecule has 5 nitrogen and oxygen atoms in total. The average molecular weight is 344 g/mol. The van der Waals surface area contributed by atoms with Gasteiger partial charge in [0.25, 0.3) is 0 Å². The van der Waals surface area contributed by atoms with Crippen molar-refractivity contribution in [3.63, 3.8) is 0 Å². The molecule has 0 aliphatic rings. The summed E-state index contributed by atoms with van der Waals surface area (Å²) in [7, 11) is 1.57. The topological polar surface area (TPSA) is 67.8 Å². The third-order valence-electron chi connectivity index (χ3n) is 3.81. The van der Waals surface area contributed by atoms with Crippen LogP contribution in [-0.2, 0) is 9.39 Å². The highest BCUT2D eigenvalue weighted by Gasteiger charge is 2.35. The Morgan fingerprint density at radius 1 is 1.24 bits per heavy atom. The van der Waals surface area contributed by atoms with E-state index in [1.165, 1.54) is 18.2 Å². The van der Waals surface area contributed by atoms with E-state index in [1.807, 2.05) is 13.8 Å². The summed E-state index contributed by atoms with van der Waals surface area (Å²) >= 11 is 0. The Labute approximate surface area is 151 Å². The molecular weight excluding hydrogens is 317 g/mol. The largest absolute Gasteiger partial charge is 0.427 e. The minimum absolute atomic E-state index is 0. The molecule has 0 atom stereocenters. The first-order valence-corrected chi connectivity index (χ1v) is 7.86. The Balaban J connectivity index is 0.00000625. The second-order valence-electron chi connectivity index (χ2n) is 6.45. The van der Waals surface area contributed by atoms with Crippen molar-refractivity contribution < 1.29 is 20.7 Å². The van der Waals surface area contributed by atoms with Crippen LogP contribution in [0.15, 0.2) is 61.4 Å². The number of hydrogen-bond donors (Lipinski definition) is 2. The van der Waals surface area contributed by atoms with Gasteiger partial charge in [-0.25, -0.2) is 4.79 Å². The SMILES string of the molecule is C=C/C=C(\C=C)OC(=O)Nc1ccc([B]OC(C)(C)C(C)(C)O)cc1.[HH]. The number of benzene rings is 1. The van der Waals surface area contributed by atoms with Crippen molar-refractivity contribution in [3.05, 3.63) is 61.4 Å². The van der Waals surface area contributed by atoms with Gasteiger partial charge in [0.05, 0.1) is 11.2 Å². The summed E-state index contributed by atoms with van der Waals surface area (Å²) < 4.78 is 10.7. The van der Waals surface area contributed by atoms with E-state index in [0.717, 1.165) is 5.46 Å². The molecule has 135 valence electrons. The van der Waals surface area contributed by atoms with Crippen molar-refractivity contribution in [2.75, 3.05) is 5.32 Å². The summed E-state index contributed by atoms with van der Waals surface area (Å²) in [5.74, 6) is 0.305. The number of carbonyl (C=O) groups excluding carboxylic acids is 1. The van der Waals surface area contributed by atoms with E-state index in [4.69, 9.17) is 9.39 Å². The van der Waals surface area contributed by atoms with Gasteiger partial charge in [-0.2, -0.15) is 0 Å². The Bertz CT molecular complexity index is 648. The van der Waals surface area contributed by atoms with Crippen molar-refractivity contribution in [1.29, 1.82) is 0 Å². The Morgan fingerprint density at radius 3 is 2.32 bits per heavy atom. The Hall–Kier alpha value is -2.31. The maximum absolute atomic E-state index is 11.8. The van der Waals surface area contributed by atoms with Crippen molar-refractivity contribution in [3.8, 4) is 0 Å². The van der Waals surface area contributed by atoms with Crippen molar-refractivity contribution in [2.45, 2.75) is 38.9 Å². The lowest BCUT2D eigenvalue weighted by Crippen LogP contribution is -2.49. The van der Waals surface area contributed by atoms with E-state index < -0.39 is 17.3 Å². The summed E-state index contributed by atoms with van der Waals surface area (Å²) in [6.07, 6.45) is 3.83. The second kappa shape index (κ2) is 8.69. The highest BCUT2D eigenvalue weighted by Crippen LogP contribution is 2.24. The van der Waals surface area contributed by atoms with Crippen LogP contribution in [0.4, 0.5) is 10.5 Å². The monoisotopic (exact) mass is 344 g/mol. The van der Waals surface area contributed by atoms with Crippen LogP contribution in [0.5, 0.6) is 0 Å². The van der Waals surface area contributed by atoms with Gasteiger partial charge in [-0.1, -0.05) is 36.8 Å². The van der Waals surface area contributed by atoms with Gasteiger partial charge < -0.3 is 14.5 Å². The predicted molar refractivity (Wildman–Crippen MR) is 104 cm³/mol. The fraction of sp³-hybridized carbons (Fsp3) is 0.316. The van der Waals surface area contributed by atoms with Crippen LogP contribution in [0.1, 0.15) is 29.1 Å². The fourth-order valence-electron chi connectivity index (χ4n) is 1.51. The zero-order valence-corrected chi connectivity index (χ0v) is 15.2. The maximum Gasteiger partial charge on any atom is 0.417 e. The number of anilines is 1. The molecule has 1 rings (SSSR count). The van der Waals surface area contributed by atoms with Crippen molar-refractivity contribution in [2.24, 2.45) is 0 Å². The lowest BCUT2D eigenvalue weighted by molar-refractivity contribution is -0.0893. The van der Waals surface area contributed by atoms with Crippen LogP contribution in [0, 0.1) is 0 Å². The van der Waals surface area contributed by atoms with Gasteiger partial charge in [-0.15, -0.1) is 0 Å². The maximum atomic E-state index is 11.8. The molecule has 0 spiro atoms. The molecule has 2 N–H and O–H groups in total. The van der Waals surface area contributed by atoms with Gasteiger partial charge >= 0.3 is 13.6 Å². The zero-order valence-electron chi connectivity index (χ0n) is 15.2. The Morgan fingerprint density at radius 2 is 1.84 bits per heavy atom. The van der Waals surface area contributed by atoms with Crippen LogP contribution in [0.2, 0.25) is 0 Å². The lowest BCUT2D eigenvalue weighted by atomic mass is 9.82. The fourth-order valence-corrected chi connectivity index (χ4v) is 1.51. The molecular formula is C19H27BNO4. The van der Waals surface area contributed by atoms with Crippen LogP contribution < -0.4 is 10.8 Å². The molecule has 0 unspecified atom stereocenters. The number of allylic oxidation sites excluding steroid dienone is 3. The molecule has 25 heavy (non-hydrogen) atoms. The molecule has 0 bridgehead atoms. The van der Waals surface area contributed by atoms with E-state index in [2.05, 4.69) is 18.5 Å². The molecule has 1 aromatic carbocycles. The smallest absolute Gasteiger partial charge is 0.417 e. The lowest BCUT2D eigenvalue weighted by Gasteiger charge is -2.37. The molecule has 0 aromatic heterocycles. The van der Waals surface area contributed by atoms with Crippen molar-refractivity contribution >= 4 is 24.7 Å². The van der Waals surface area contributed by atoms with Crippen LogP contribution >= 0.6 is 0 Å². The van der Waals surface area contributed by atoms with Gasteiger partial charge in [-0.05, 0) is 52.0 Å². The molecule has 0 saturated heterocycles. The number of aliphatic hydroxyl groups is 1. The van der Waals surface area contributed by atoms with E-state index in [1.54, 1.807) is 45.6 Å². The number of carbonyl (C=O) groups is 1.